The van der Waals surface area contributed by atoms with E-state index in [1.807, 2.05) is 30.3 Å². The topological polar surface area (TPSA) is 55.1 Å². The van der Waals surface area contributed by atoms with Crippen molar-refractivity contribution in [2.24, 2.45) is 0 Å². The summed E-state index contributed by atoms with van der Waals surface area (Å²) in [5, 5.41) is 8.87. The van der Waals surface area contributed by atoms with E-state index >= 15 is 0 Å². The lowest BCUT2D eigenvalue weighted by molar-refractivity contribution is -0.140. The zero-order valence-corrected chi connectivity index (χ0v) is 8.87. The van der Waals surface area contributed by atoms with Crippen LogP contribution in [-0.2, 0) is 4.79 Å². The summed E-state index contributed by atoms with van der Waals surface area (Å²) in [6, 6.07) is 9.07. The Morgan fingerprint density at radius 2 is 2.06 bits per heavy atom. The highest BCUT2D eigenvalue weighted by molar-refractivity contribution is 5.71. The fourth-order valence-electron chi connectivity index (χ4n) is 1.43. The van der Waals surface area contributed by atoms with Gasteiger partial charge in [0, 0.05) is 11.8 Å². The molecule has 0 saturated carbocycles. The van der Waals surface area contributed by atoms with Crippen molar-refractivity contribution in [3.05, 3.63) is 42.9 Å². The van der Waals surface area contributed by atoms with E-state index in [-0.39, 0.29) is 0 Å². The Hall–Kier alpha value is -2.10. The number of carboxylic acid groups (broad SMARTS) is 1. The van der Waals surface area contributed by atoms with Crippen LogP contribution in [0.2, 0.25) is 0 Å². The highest BCUT2D eigenvalue weighted by atomic mass is 16.4. The van der Waals surface area contributed by atoms with Crippen molar-refractivity contribution in [2.45, 2.75) is 13.0 Å². The highest BCUT2D eigenvalue weighted by Gasteiger charge is 2.13. The van der Waals surface area contributed by atoms with Gasteiger partial charge in [0.15, 0.2) is 0 Å². The number of carboxylic acids is 1. The van der Waals surface area contributed by atoms with Gasteiger partial charge in [-0.3, -0.25) is 0 Å². The van der Waals surface area contributed by atoms with Crippen LogP contribution in [0.25, 0.3) is 11.3 Å². The van der Waals surface area contributed by atoms with Crippen LogP contribution in [0.3, 0.4) is 0 Å². The zero-order chi connectivity index (χ0) is 11.5. The third-order valence-electron chi connectivity index (χ3n) is 2.48. The molecule has 1 atom stereocenters. The SMILES string of the molecule is CC(C(=O)O)n1cnc(-c2ccccc2)c1. The van der Waals surface area contributed by atoms with Crippen LogP contribution in [0.1, 0.15) is 13.0 Å². The molecule has 82 valence electrons. The molecule has 1 aromatic carbocycles. The Balaban J connectivity index is 2.30. The Kier molecular flexibility index (Phi) is 2.72. The highest BCUT2D eigenvalue weighted by Crippen LogP contribution is 2.18. The van der Waals surface area contributed by atoms with Crippen molar-refractivity contribution < 1.29 is 9.90 Å². The third-order valence-corrected chi connectivity index (χ3v) is 2.48. The number of hydrogen-bond donors (Lipinski definition) is 1. The molecule has 4 nitrogen and oxygen atoms in total. The molecule has 2 rings (SSSR count). The van der Waals surface area contributed by atoms with Gasteiger partial charge in [0.25, 0.3) is 0 Å². The van der Waals surface area contributed by atoms with Gasteiger partial charge in [-0.1, -0.05) is 30.3 Å². The summed E-state index contributed by atoms with van der Waals surface area (Å²) in [5.41, 5.74) is 1.77. The minimum Gasteiger partial charge on any atom is -0.480 e. The maximum atomic E-state index is 10.8. The van der Waals surface area contributed by atoms with Gasteiger partial charge in [-0.25, -0.2) is 9.78 Å². The van der Waals surface area contributed by atoms with E-state index in [0.717, 1.165) is 11.3 Å². The number of aliphatic carboxylic acids is 1. The van der Waals surface area contributed by atoms with Crippen LogP contribution in [-0.4, -0.2) is 20.6 Å². The second-order valence-corrected chi connectivity index (χ2v) is 3.59. The number of carbonyl (C=O) groups is 1. The summed E-state index contributed by atoms with van der Waals surface area (Å²) in [6.07, 6.45) is 3.29. The summed E-state index contributed by atoms with van der Waals surface area (Å²) in [4.78, 5) is 15.0. The Morgan fingerprint density at radius 3 is 2.69 bits per heavy atom. The first-order valence-corrected chi connectivity index (χ1v) is 5.00. The number of nitrogens with zero attached hydrogens (tertiary/aromatic N) is 2. The third kappa shape index (κ3) is 1.95. The molecular formula is C12H12N2O2. The molecule has 0 aliphatic heterocycles. The number of benzene rings is 1. The Labute approximate surface area is 93.2 Å². The molecular weight excluding hydrogens is 204 g/mol. The maximum absolute atomic E-state index is 10.8. The first kappa shape index (κ1) is 10.4. The Bertz CT molecular complexity index is 491. The number of hydrogen-bond acceptors (Lipinski definition) is 2. The lowest BCUT2D eigenvalue weighted by atomic mass is 10.2. The van der Waals surface area contributed by atoms with Crippen LogP contribution >= 0.6 is 0 Å². The van der Waals surface area contributed by atoms with Gasteiger partial charge < -0.3 is 9.67 Å². The van der Waals surface area contributed by atoms with Gasteiger partial charge in [-0.15, -0.1) is 0 Å². The van der Waals surface area contributed by atoms with E-state index < -0.39 is 12.0 Å². The van der Waals surface area contributed by atoms with Crippen LogP contribution < -0.4 is 0 Å². The predicted octanol–water partition coefficient (Wildman–Crippen LogP) is 2.20. The van der Waals surface area contributed by atoms with E-state index in [1.54, 1.807) is 24.0 Å². The van der Waals surface area contributed by atoms with Crippen molar-refractivity contribution in [1.29, 1.82) is 0 Å². The second-order valence-electron chi connectivity index (χ2n) is 3.59. The average Bonchev–Trinajstić information content (AvgIpc) is 2.78. The fraction of sp³-hybridized carbons (Fsp3) is 0.167. The molecule has 0 radical (unpaired) electrons. The molecule has 0 saturated heterocycles. The molecule has 0 aliphatic rings. The van der Waals surface area contributed by atoms with Crippen LogP contribution in [0.15, 0.2) is 42.9 Å². The molecule has 0 spiro atoms. The smallest absolute Gasteiger partial charge is 0.326 e. The van der Waals surface area contributed by atoms with Gasteiger partial charge in [0.1, 0.15) is 6.04 Å². The molecule has 0 aliphatic carbocycles. The van der Waals surface area contributed by atoms with Crippen LogP contribution in [0.4, 0.5) is 0 Å². The standard InChI is InChI=1S/C12H12N2O2/c1-9(12(15)16)14-7-11(13-8-14)10-5-3-2-4-6-10/h2-9H,1H3,(H,15,16). The summed E-state index contributed by atoms with van der Waals surface area (Å²) in [7, 11) is 0. The van der Waals surface area contributed by atoms with Gasteiger partial charge in [0.2, 0.25) is 0 Å². The first-order chi connectivity index (χ1) is 7.68. The van der Waals surface area contributed by atoms with Crippen molar-refractivity contribution >= 4 is 5.97 Å². The van der Waals surface area contributed by atoms with Gasteiger partial charge in [-0.05, 0) is 6.92 Å². The molecule has 16 heavy (non-hydrogen) atoms. The van der Waals surface area contributed by atoms with Crippen molar-refractivity contribution in [1.82, 2.24) is 9.55 Å². The first-order valence-electron chi connectivity index (χ1n) is 5.00. The molecule has 0 fully saturated rings. The Morgan fingerprint density at radius 1 is 1.38 bits per heavy atom. The zero-order valence-electron chi connectivity index (χ0n) is 8.87. The molecule has 1 unspecified atom stereocenters. The normalized spacial score (nSPS) is 12.3. The fourth-order valence-corrected chi connectivity index (χ4v) is 1.43. The second kappa shape index (κ2) is 4.18. The summed E-state index contributed by atoms with van der Waals surface area (Å²) in [6.45, 7) is 1.62. The van der Waals surface area contributed by atoms with Gasteiger partial charge in [-0.2, -0.15) is 0 Å². The average molecular weight is 216 g/mol. The lowest BCUT2D eigenvalue weighted by Crippen LogP contribution is -2.13. The molecule has 4 heteroatoms. The van der Waals surface area contributed by atoms with Crippen molar-refractivity contribution in [2.75, 3.05) is 0 Å². The van der Waals surface area contributed by atoms with Crippen LogP contribution in [0.5, 0.6) is 0 Å². The van der Waals surface area contributed by atoms with Gasteiger partial charge in [0.05, 0.1) is 12.0 Å². The van der Waals surface area contributed by atoms with E-state index in [9.17, 15) is 4.79 Å². The monoisotopic (exact) mass is 216 g/mol. The molecule has 1 heterocycles. The van der Waals surface area contributed by atoms with E-state index in [0.29, 0.717) is 0 Å². The van der Waals surface area contributed by atoms with E-state index in [1.165, 1.54) is 0 Å². The number of aromatic nitrogens is 2. The molecule has 1 aromatic heterocycles. The molecule has 0 bridgehead atoms. The summed E-state index contributed by atoms with van der Waals surface area (Å²) >= 11 is 0. The minimum atomic E-state index is -0.864. The maximum Gasteiger partial charge on any atom is 0.326 e. The van der Waals surface area contributed by atoms with Gasteiger partial charge >= 0.3 is 5.97 Å². The van der Waals surface area contributed by atoms with Crippen molar-refractivity contribution in [3.63, 3.8) is 0 Å². The minimum absolute atomic E-state index is 0.593. The molecule has 0 amide bonds. The quantitative estimate of drug-likeness (QED) is 0.855. The largest absolute Gasteiger partial charge is 0.480 e. The summed E-state index contributed by atoms with van der Waals surface area (Å²) < 4.78 is 1.59. The molecule has 2 aromatic rings. The number of imidazole rings is 1. The number of rotatable bonds is 3. The lowest BCUT2D eigenvalue weighted by Gasteiger charge is -2.05. The van der Waals surface area contributed by atoms with E-state index in [2.05, 4.69) is 4.98 Å². The van der Waals surface area contributed by atoms with E-state index in [4.69, 9.17) is 5.11 Å². The summed E-state index contributed by atoms with van der Waals surface area (Å²) in [5.74, 6) is -0.864. The van der Waals surface area contributed by atoms with Crippen LogP contribution in [0, 0.1) is 0 Å². The predicted molar refractivity (Wildman–Crippen MR) is 60.0 cm³/mol. The molecule has 1 N–H and O–H groups in total. The van der Waals surface area contributed by atoms with Crippen molar-refractivity contribution in [3.8, 4) is 11.3 Å².